The topological polar surface area (TPSA) is 26.0 Å². The molecule has 1 saturated carbocycles. The van der Waals surface area contributed by atoms with Crippen LogP contribution in [0, 0.1) is 0 Å². The van der Waals surface area contributed by atoms with Gasteiger partial charge < -0.3 is 4.42 Å². The fourth-order valence-corrected chi connectivity index (χ4v) is 4.12. The van der Waals surface area contributed by atoms with Crippen LogP contribution in [0.25, 0.3) is 33.2 Å². The van der Waals surface area contributed by atoms with Crippen LogP contribution in [0.2, 0.25) is 0 Å². The van der Waals surface area contributed by atoms with Crippen LogP contribution in [0.1, 0.15) is 37.2 Å². The first-order chi connectivity index (χ1) is 11.9. The molecule has 0 N–H and O–H groups in total. The number of rotatable bonds is 2. The molecule has 1 aliphatic carbocycles. The summed E-state index contributed by atoms with van der Waals surface area (Å²) in [5.74, 6) is 0.646. The van der Waals surface area contributed by atoms with Crippen molar-refractivity contribution in [1.29, 1.82) is 0 Å². The molecule has 0 atom stereocenters. The standard InChI is InChI=1S/C22H19NO/c1-2-8-15(7-1)16-9-5-10-17-18-11-6-12-19(22(18)24-21(16)17)20-13-3-4-14-23-20/h3-6,9-15H,1-2,7-8H2. The van der Waals surface area contributed by atoms with Gasteiger partial charge in [0.1, 0.15) is 11.2 Å². The largest absolute Gasteiger partial charge is 0.455 e. The minimum absolute atomic E-state index is 0.646. The Labute approximate surface area is 141 Å². The second-order valence-electron chi connectivity index (χ2n) is 6.70. The highest BCUT2D eigenvalue weighted by Gasteiger charge is 2.22. The summed E-state index contributed by atoms with van der Waals surface area (Å²) in [6.07, 6.45) is 7.06. The SMILES string of the molecule is c1ccc(-c2cccc3c2oc2c(C4CCCC4)cccc23)nc1. The van der Waals surface area contributed by atoms with E-state index in [0.29, 0.717) is 5.92 Å². The van der Waals surface area contributed by atoms with Crippen molar-refractivity contribution in [1.82, 2.24) is 4.98 Å². The van der Waals surface area contributed by atoms with E-state index in [0.717, 1.165) is 22.4 Å². The Bertz CT molecular complexity index is 1010. The number of pyridine rings is 1. The van der Waals surface area contributed by atoms with Crippen molar-refractivity contribution >= 4 is 21.9 Å². The molecule has 0 saturated heterocycles. The fraction of sp³-hybridized carbons (Fsp3) is 0.227. The Hall–Kier alpha value is -2.61. The van der Waals surface area contributed by atoms with Crippen molar-refractivity contribution in [2.75, 3.05) is 0 Å². The fourth-order valence-electron chi connectivity index (χ4n) is 4.12. The van der Waals surface area contributed by atoms with Crippen molar-refractivity contribution in [2.24, 2.45) is 0 Å². The van der Waals surface area contributed by atoms with Crippen LogP contribution in [0.4, 0.5) is 0 Å². The molecule has 1 aliphatic rings. The van der Waals surface area contributed by atoms with Crippen LogP contribution in [-0.4, -0.2) is 4.98 Å². The predicted octanol–water partition coefficient (Wildman–Crippen LogP) is 6.31. The van der Waals surface area contributed by atoms with E-state index < -0.39 is 0 Å². The Morgan fingerprint density at radius 2 is 1.58 bits per heavy atom. The Balaban J connectivity index is 1.80. The van der Waals surface area contributed by atoms with Crippen LogP contribution in [0.3, 0.4) is 0 Å². The highest BCUT2D eigenvalue weighted by molar-refractivity contribution is 6.10. The molecule has 0 spiro atoms. The number of hydrogen-bond acceptors (Lipinski definition) is 2. The molecule has 1 fully saturated rings. The minimum Gasteiger partial charge on any atom is -0.455 e. The average Bonchev–Trinajstić information content (AvgIpc) is 3.29. The molecule has 0 amide bonds. The van der Waals surface area contributed by atoms with Gasteiger partial charge in [0.25, 0.3) is 0 Å². The molecular formula is C22H19NO. The molecular weight excluding hydrogens is 294 g/mol. The van der Waals surface area contributed by atoms with Gasteiger partial charge in [0, 0.05) is 22.5 Å². The first kappa shape index (κ1) is 13.8. The molecule has 0 bridgehead atoms. The maximum atomic E-state index is 6.44. The third-order valence-corrected chi connectivity index (χ3v) is 5.29. The quantitative estimate of drug-likeness (QED) is 0.433. The monoisotopic (exact) mass is 313 g/mol. The normalized spacial score (nSPS) is 15.5. The zero-order valence-electron chi connectivity index (χ0n) is 13.5. The van der Waals surface area contributed by atoms with E-state index in [1.807, 2.05) is 24.4 Å². The van der Waals surface area contributed by atoms with Gasteiger partial charge in [0.15, 0.2) is 0 Å². The van der Waals surface area contributed by atoms with Gasteiger partial charge in [0.05, 0.1) is 5.69 Å². The molecule has 0 unspecified atom stereocenters. The zero-order chi connectivity index (χ0) is 15.9. The van der Waals surface area contributed by atoms with Gasteiger partial charge in [-0.3, -0.25) is 4.98 Å². The van der Waals surface area contributed by atoms with Crippen molar-refractivity contribution in [3.8, 4) is 11.3 Å². The summed E-state index contributed by atoms with van der Waals surface area (Å²) >= 11 is 0. The van der Waals surface area contributed by atoms with E-state index in [2.05, 4.69) is 41.4 Å². The van der Waals surface area contributed by atoms with Gasteiger partial charge in [-0.25, -0.2) is 0 Å². The van der Waals surface area contributed by atoms with E-state index in [-0.39, 0.29) is 0 Å². The van der Waals surface area contributed by atoms with Crippen LogP contribution in [-0.2, 0) is 0 Å². The lowest BCUT2D eigenvalue weighted by atomic mass is 9.95. The molecule has 2 heterocycles. The van der Waals surface area contributed by atoms with Crippen LogP contribution in [0.5, 0.6) is 0 Å². The Morgan fingerprint density at radius 3 is 2.38 bits per heavy atom. The van der Waals surface area contributed by atoms with Crippen molar-refractivity contribution < 1.29 is 4.42 Å². The third-order valence-electron chi connectivity index (χ3n) is 5.29. The minimum atomic E-state index is 0.646. The smallest absolute Gasteiger partial charge is 0.144 e. The average molecular weight is 313 g/mol. The lowest BCUT2D eigenvalue weighted by Gasteiger charge is -2.09. The third kappa shape index (κ3) is 2.06. The molecule has 2 aromatic heterocycles. The number of para-hydroxylation sites is 2. The van der Waals surface area contributed by atoms with E-state index >= 15 is 0 Å². The van der Waals surface area contributed by atoms with Gasteiger partial charge in [-0.05, 0) is 42.5 Å². The number of fused-ring (bicyclic) bond motifs is 3. The molecule has 2 heteroatoms. The van der Waals surface area contributed by atoms with E-state index in [1.165, 1.54) is 42.0 Å². The number of nitrogens with zero attached hydrogens (tertiary/aromatic N) is 1. The van der Waals surface area contributed by atoms with Crippen molar-refractivity contribution in [3.05, 3.63) is 66.4 Å². The molecule has 24 heavy (non-hydrogen) atoms. The van der Waals surface area contributed by atoms with E-state index in [1.54, 1.807) is 0 Å². The first-order valence-electron chi connectivity index (χ1n) is 8.77. The first-order valence-corrected chi connectivity index (χ1v) is 8.77. The summed E-state index contributed by atoms with van der Waals surface area (Å²) in [6, 6.07) is 19.0. The molecule has 118 valence electrons. The summed E-state index contributed by atoms with van der Waals surface area (Å²) in [6.45, 7) is 0. The van der Waals surface area contributed by atoms with E-state index in [9.17, 15) is 0 Å². The molecule has 0 aliphatic heterocycles. The highest BCUT2D eigenvalue weighted by Crippen LogP contribution is 2.42. The van der Waals surface area contributed by atoms with Gasteiger partial charge in [0.2, 0.25) is 0 Å². The summed E-state index contributed by atoms with van der Waals surface area (Å²) in [7, 11) is 0. The zero-order valence-corrected chi connectivity index (χ0v) is 13.5. The lowest BCUT2D eigenvalue weighted by Crippen LogP contribution is -1.91. The second-order valence-corrected chi connectivity index (χ2v) is 6.70. The molecule has 0 radical (unpaired) electrons. The summed E-state index contributed by atoms with van der Waals surface area (Å²) in [4.78, 5) is 4.51. The predicted molar refractivity (Wildman–Crippen MR) is 98.2 cm³/mol. The summed E-state index contributed by atoms with van der Waals surface area (Å²) in [5.41, 5.74) is 5.44. The highest BCUT2D eigenvalue weighted by atomic mass is 16.3. The van der Waals surface area contributed by atoms with Crippen LogP contribution < -0.4 is 0 Å². The molecule has 4 aromatic rings. The Morgan fingerprint density at radius 1 is 0.792 bits per heavy atom. The summed E-state index contributed by atoms with van der Waals surface area (Å²) in [5, 5.41) is 2.42. The van der Waals surface area contributed by atoms with Gasteiger partial charge in [-0.1, -0.05) is 49.2 Å². The van der Waals surface area contributed by atoms with Crippen molar-refractivity contribution in [2.45, 2.75) is 31.6 Å². The molecule has 2 aromatic carbocycles. The number of hydrogen-bond donors (Lipinski definition) is 0. The number of aromatic nitrogens is 1. The number of furan rings is 1. The lowest BCUT2D eigenvalue weighted by molar-refractivity contribution is 0.643. The summed E-state index contributed by atoms with van der Waals surface area (Å²) < 4.78 is 6.44. The van der Waals surface area contributed by atoms with E-state index in [4.69, 9.17) is 4.42 Å². The van der Waals surface area contributed by atoms with Crippen LogP contribution >= 0.6 is 0 Å². The second kappa shape index (κ2) is 5.48. The van der Waals surface area contributed by atoms with Crippen LogP contribution in [0.15, 0.2) is 65.2 Å². The maximum Gasteiger partial charge on any atom is 0.144 e. The number of benzene rings is 2. The van der Waals surface area contributed by atoms with Gasteiger partial charge in [-0.2, -0.15) is 0 Å². The molecule has 2 nitrogen and oxygen atoms in total. The van der Waals surface area contributed by atoms with Gasteiger partial charge in [-0.15, -0.1) is 0 Å². The van der Waals surface area contributed by atoms with Gasteiger partial charge >= 0.3 is 0 Å². The molecule has 5 rings (SSSR count). The van der Waals surface area contributed by atoms with Crippen molar-refractivity contribution in [3.63, 3.8) is 0 Å². The Kier molecular flexibility index (Phi) is 3.15. The maximum absolute atomic E-state index is 6.44.